The molecule has 2 aromatic rings. The third kappa shape index (κ3) is 3.24. The van der Waals surface area contributed by atoms with E-state index in [-0.39, 0.29) is 5.82 Å². The largest absolute Gasteiger partial charge is 0.486 e. The van der Waals surface area contributed by atoms with Crippen LogP contribution in [-0.2, 0) is 6.54 Å². The summed E-state index contributed by atoms with van der Waals surface area (Å²) < 4.78 is 25.5. The van der Waals surface area contributed by atoms with E-state index in [2.05, 4.69) is 21.2 Å². The van der Waals surface area contributed by atoms with E-state index in [0.29, 0.717) is 42.0 Å². The Balaban J connectivity index is 1.79. The summed E-state index contributed by atoms with van der Waals surface area (Å²) in [6.45, 7) is 1.43. The van der Waals surface area contributed by atoms with Crippen molar-refractivity contribution in [3.8, 4) is 11.5 Å². The van der Waals surface area contributed by atoms with Crippen LogP contribution in [0.5, 0.6) is 11.5 Å². The predicted octanol–water partition coefficient (Wildman–Crippen LogP) is 4.62. The van der Waals surface area contributed by atoms with Crippen LogP contribution in [0.15, 0.2) is 34.8 Å². The summed E-state index contributed by atoms with van der Waals surface area (Å²) in [6.07, 6.45) is 0. The molecular weight excluding hydrogens is 361 g/mol. The summed E-state index contributed by atoms with van der Waals surface area (Å²) in [4.78, 5) is 0. The summed E-state index contributed by atoms with van der Waals surface area (Å²) in [5.74, 6) is 0.891. The molecule has 0 spiro atoms. The molecule has 0 unspecified atom stereocenters. The minimum Gasteiger partial charge on any atom is -0.486 e. The van der Waals surface area contributed by atoms with Gasteiger partial charge in [-0.3, -0.25) is 0 Å². The zero-order valence-corrected chi connectivity index (χ0v) is 13.3. The van der Waals surface area contributed by atoms with Crippen LogP contribution in [0.1, 0.15) is 5.56 Å². The molecule has 1 N–H and O–H groups in total. The Kier molecular flexibility index (Phi) is 4.22. The molecular formula is C15H12BrClFNO2. The number of hydrogen-bond donors (Lipinski definition) is 1. The number of halogens is 3. The molecule has 3 nitrogen and oxygen atoms in total. The molecule has 0 radical (unpaired) electrons. The van der Waals surface area contributed by atoms with Crippen LogP contribution < -0.4 is 14.8 Å². The molecule has 1 aliphatic rings. The van der Waals surface area contributed by atoms with Crippen molar-refractivity contribution in [2.45, 2.75) is 6.54 Å². The van der Waals surface area contributed by atoms with Gasteiger partial charge >= 0.3 is 0 Å². The van der Waals surface area contributed by atoms with Crippen LogP contribution >= 0.6 is 27.5 Å². The standard InChI is InChI=1S/C15H12BrClFNO2/c16-10-1-2-12(18)13(7-10)19-8-9-5-11(17)15-14(6-9)20-3-4-21-15/h1-2,5-7,19H,3-4,8H2. The first-order chi connectivity index (χ1) is 10.1. The van der Waals surface area contributed by atoms with Crippen LogP contribution in [0.2, 0.25) is 5.02 Å². The molecule has 3 rings (SSSR count). The van der Waals surface area contributed by atoms with Crippen LogP contribution in [0.3, 0.4) is 0 Å². The Hall–Kier alpha value is -1.46. The van der Waals surface area contributed by atoms with E-state index in [4.69, 9.17) is 21.1 Å². The van der Waals surface area contributed by atoms with Gasteiger partial charge in [-0.25, -0.2) is 4.39 Å². The van der Waals surface area contributed by atoms with Crippen LogP contribution in [-0.4, -0.2) is 13.2 Å². The van der Waals surface area contributed by atoms with Crippen molar-refractivity contribution >= 4 is 33.2 Å². The van der Waals surface area contributed by atoms with Crippen LogP contribution in [0.25, 0.3) is 0 Å². The Morgan fingerprint density at radius 1 is 1.19 bits per heavy atom. The van der Waals surface area contributed by atoms with Gasteiger partial charge in [-0.05, 0) is 35.9 Å². The molecule has 0 saturated carbocycles. The topological polar surface area (TPSA) is 30.5 Å². The molecule has 110 valence electrons. The van der Waals surface area contributed by atoms with Crippen molar-refractivity contribution in [1.82, 2.24) is 0 Å². The van der Waals surface area contributed by atoms with Gasteiger partial charge in [0.25, 0.3) is 0 Å². The van der Waals surface area contributed by atoms with Crippen LogP contribution in [0, 0.1) is 5.82 Å². The number of hydrogen-bond acceptors (Lipinski definition) is 3. The average Bonchev–Trinajstić information content (AvgIpc) is 2.48. The monoisotopic (exact) mass is 371 g/mol. The third-order valence-corrected chi connectivity index (χ3v) is 3.84. The smallest absolute Gasteiger partial charge is 0.179 e. The second-order valence-corrected chi connectivity index (χ2v) is 5.90. The highest BCUT2D eigenvalue weighted by molar-refractivity contribution is 9.10. The fourth-order valence-corrected chi connectivity index (χ4v) is 2.75. The van der Waals surface area contributed by atoms with Crippen molar-refractivity contribution in [1.29, 1.82) is 0 Å². The zero-order chi connectivity index (χ0) is 14.8. The van der Waals surface area contributed by atoms with Gasteiger partial charge < -0.3 is 14.8 Å². The summed E-state index contributed by atoms with van der Waals surface area (Å²) in [7, 11) is 0. The van der Waals surface area contributed by atoms with Gasteiger partial charge in [0.05, 0.1) is 10.7 Å². The Bertz CT molecular complexity index is 681. The van der Waals surface area contributed by atoms with Gasteiger partial charge in [0.1, 0.15) is 19.0 Å². The maximum absolute atomic E-state index is 13.7. The zero-order valence-electron chi connectivity index (χ0n) is 11.0. The predicted molar refractivity (Wildman–Crippen MR) is 83.9 cm³/mol. The van der Waals surface area contributed by atoms with Crippen molar-refractivity contribution in [2.75, 3.05) is 18.5 Å². The minimum atomic E-state index is -0.304. The number of benzene rings is 2. The second kappa shape index (κ2) is 6.12. The van der Waals surface area contributed by atoms with Crippen molar-refractivity contribution in [3.63, 3.8) is 0 Å². The highest BCUT2D eigenvalue weighted by atomic mass is 79.9. The molecule has 21 heavy (non-hydrogen) atoms. The lowest BCUT2D eigenvalue weighted by molar-refractivity contribution is 0.171. The van der Waals surface area contributed by atoms with Gasteiger partial charge in [-0.2, -0.15) is 0 Å². The van der Waals surface area contributed by atoms with E-state index in [0.717, 1.165) is 10.0 Å². The summed E-state index contributed by atoms with van der Waals surface area (Å²) in [6, 6.07) is 8.39. The first-order valence-corrected chi connectivity index (χ1v) is 7.57. The fraction of sp³-hybridized carbons (Fsp3) is 0.200. The molecule has 0 aromatic heterocycles. The number of rotatable bonds is 3. The third-order valence-electron chi connectivity index (χ3n) is 3.07. The molecule has 0 bridgehead atoms. The molecule has 2 aromatic carbocycles. The molecule has 0 aliphatic carbocycles. The Labute approximate surface area is 135 Å². The summed E-state index contributed by atoms with van der Waals surface area (Å²) >= 11 is 9.49. The highest BCUT2D eigenvalue weighted by Gasteiger charge is 2.16. The van der Waals surface area contributed by atoms with Crippen molar-refractivity contribution < 1.29 is 13.9 Å². The Morgan fingerprint density at radius 3 is 2.86 bits per heavy atom. The first-order valence-electron chi connectivity index (χ1n) is 6.40. The molecule has 1 aliphatic heterocycles. The number of fused-ring (bicyclic) bond motifs is 1. The summed E-state index contributed by atoms with van der Waals surface area (Å²) in [5, 5.41) is 3.54. The Morgan fingerprint density at radius 2 is 2.00 bits per heavy atom. The molecule has 1 heterocycles. The van der Waals surface area contributed by atoms with E-state index in [1.165, 1.54) is 6.07 Å². The van der Waals surface area contributed by atoms with Gasteiger partial charge in [0, 0.05) is 11.0 Å². The van der Waals surface area contributed by atoms with Crippen molar-refractivity contribution in [2.24, 2.45) is 0 Å². The molecule has 6 heteroatoms. The molecule has 0 fully saturated rings. The lowest BCUT2D eigenvalue weighted by atomic mass is 10.2. The number of ether oxygens (including phenoxy) is 2. The van der Waals surface area contributed by atoms with Gasteiger partial charge in [0.15, 0.2) is 11.5 Å². The highest BCUT2D eigenvalue weighted by Crippen LogP contribution is 2.38. The van der Waals surface area contributed by atoms with E-state index in [1.807, 2.05) is 6.07 Å². The molecule has 0 atom stereocenters. The maximum Gasteiger partial charge on any atom is 0.179 e. The lowest BCUT2D eigenvalue weighted by Gasteiger charge is -2.20. The van der Waals surface area contributed by atoms with Gasteiger partial charge in [-0.1, -0.05) is 27.5 Å². The maximum atomic E-state index is 13.7. The second-order valence-electron chi connectivity index (χ2n) is 4.58. The average molecular weight is 373 g/mol. The normalized spacial score (nSPS) is 13.1. The molecule has 0 saturated heterocycles. The van der Waals surface area contributed by atoms with E-state index in [9.17, 15) is 4.39 Å². The molecule has 0 amide bonds. The van der Waals surface area contributed by atoms with Gasteiger partial charge in [0.2, 0.25) is 0 Å². The SMILES string of the molecule is Fc1ccc(Br)cc1NCc1cc(Cl)c2c(c1)OCCO2. The van der Waals surface area contributed by atoms with Gasteiger partial charge in [-0.15, -0.1) is 0 Å². The fourth-order valence-electron chi connectivity index (χ4n) is 2.10. The first kappa shape index (κ1) is 14.5. The lowest BCUT2D eigenvalue weighted by Crippen LogP contribution is -2.16. The number of anilines is 1. The van der Waals surface area contributed by atoms with E-state index in [1.54, 1.807) is 18.2 Å². The van der Waals surface area contributed by atoms with E-state index < -0.39 is 0 Å². The van der Waals surface area contributed by atoms with Crippen LogP contribution in [0.4, 0.5) is 10.1 Å². The van der Waals surface area contributed by atoms with E-state index >= 15 is 0 Å². The minimum absolute atomic E-state index is 0.304. The van der Waals surface area contributed by atoms with Crippen molar-refractivity contribution in [3.05, 3.63) is 51.2 Å². The quantitative estimate of drug-likeness (QED) is 0.852. The number of nitrogens with one attached hydrogen (secondary N) is 1. The summed E-state index contributed by atoms with van der Waals surface area (Å²) in [5.41, 5.74) is 1.32.